The summed E-state index contributed by atoms with van der Waals surface area (Å²) in [7, 11) is 5.03. The second-order valence-corrected chi connectivity index (χ2v) is 8.65. The van der Waals surface area contributed by atoms with Gasteiger partial charge in [0.05, 0.1) is 26.9 Å². The van der Waals surface area contributed by atoms with Crippen molar-refractivity contribution >= 4 is 6.21 Å². The molecule has 3 rings (SSSR count). The summed E-state index contributed by atoms with van der Waals surface area (Å²) in [4.78, 5) is 4.73. The summed E-state index contributed by atoms with van der Waals surface area (Å²) >= 11 is 0. The molecular formula is C26H35NO4. The molecule has 2 aromatic carbocycles. The van der Waals surface area contributed by atoms with Crippen molar-refractivity contribution in [3.63, 3.8) is 0 Å². The lowest BCUT2D eigenvalue weighted by Crippen LogP contribution is -2.36. The monoisotopic (exact) mass is 425 g/mol. The van der Waals surface area contributed by atoms with E-state index in [9.17, 15) is 0 Å². The molecule has 2 aromatic rings. The van der Waals surface area contributed by atoms with Gasteiger partial charge >= 0.3 is 0 Å². The van der Waals surface area contributed by atoms with Gasteiger partial charge in [-0.25, -0.2) is 0 Å². The smallest absolute Gasteiger partial charge is 0.161 e. The Kier molecular flexibility index (Phi) is 7.97. The van der Waals surface area contributed by atoms with Crippen LogP contribution in [0.25, 0.3) is 0 Å². The van der Waals surface area contributed by atoms with Crippen LogP contribution in [0.1, 0.15) is 50.2 Å². The molecule has 0 bridgehead atoms. The highest BCUT2D eigenvalue weighted by Crippen LogP contribution is 2.42. The predicted molar refractivity (Wildman–Crippen MR) is 125 cm³/mol. The highest BCUT2D eigenvalue weighted by Gasteiger charge is 2.34. The summed E-state index contributed by atoms with van der Waals surface area (Å²) in [6.45, 7) is 5.92. The van der Waals surface area contributed by atoms with E-state index in [-0.39, 0.29) is 5.60 Å². The van der Waals surface area contributed by atoms with E-state index in [0.717, 1.165) is 49.5 Å². The molecule has 168 valence electrons. The second kappa shape index (κ2) is 10.7. The maximum Gasteiger partial charge on any atom is 0.161 e. The van der Waals surface area contributed by atoms with E-state index in [1.807, 2.05) is 30.5 Å². The Bertz CT molecular complexity index is 877. The molecule has 1 saturated heterocycles. The van der Waals surface area contributed by atoms with Crippen molar-refractivity contribution in [2.24, 2.45) is 10.9 Å². The summed E-state index contributed by atoms with van der Waals surface area (Å²) in [5, 5.41) is 0. The minimum Gasteiger partial charge on any atom is -0.496 e. The standard InChI is InChI=1S/C26H35NO4/c1-26(2)17-20(13-15-31-26)21(22-8-6-7-9-23(22)28-3)12-14-27-18-19-10-11-24(29-4)25(16-19)30-5/h6-11,16,18,20-21H,12-15,17H2,1-5H3/t20-,21-/m0/s1. The van der Waals surface area contributed by atoms with Gasteiger partial charge in [-0.3, -0.25) is 4.99 Å². The van der Waals surface area contributed by atoms with Gasteiger partial charge in [0.25, 0.3) is 0 Å². The predicted octanol–water partition coefficient (Wildman–Crippen LogP) is 5.51. The average Bonchev–Trinajstić information content (AvgIpc) is 2.78. The van der Waals surface area contributed by atoms with Gasteiger partial charge in [0.1, 0.15) is 5.75 Å². The Morgan fingerprint density at radius 2 is 1.77 bits per heavy atom. The van der Waals surface area contributed by atoms with Crippen molar-refractivity contribution < 1.29 is 18.9 Å². The molecular weight excluding hydrogens is 390 g/mol. The van der Waals surface area contributed by atoms with E-state index in [1.54, 1.807) is 21.3 Å². The van der Waals surface area contributed by atoms with Crippen LogP contribution in [0.2, 0.25) is 0 Å². The molecule has 5 nitrogen and oxygen atoms in total. The molecule has 0 saturated carbocycles. The number of rotatable bonds is 9. The number of benzene rings is 2. The van der Waals surface area contributed by atoms with Gasteiger partial charge < -0.3 is 18.9 Å². The maximum atomic E-state index is 5.98. The fraction of sp³-hybridized carbons (Fsp3) is 0.500. The lowest BCUT2D eigenvalue weighted by molar-refractivity contribution is -0.0771. The molecule has 2 atom stereocenters. The number of aliphatic imine (C=N–C) groups is 1. The molecule has 0 unspecified atom stereocenters. The third kappa shape index (κ3) is 6.01. The molecule has 1 heterocycles. The zero-order valence-corrected chi connectivity index (χ0v) is 19.4. The normalized spacial score (nSPS) is 19.2. The summed E-state index contributed by atoms with van der Waals surface area (Å²) in [6, 6.07) is 14.2. The van der Waals surface area contributed by atoms with Crippen molar-refractivity contribution in [2.45, 2.75) is 44.6 Å². The van der Waals surface area contributed by atoms with Crippen LogP contribution >= 0.6 is 0 Å². The lowest BCUT2D eigenvalue weighted by atomic mass is 9.75. The van der Waals surface area contributed by atoms with Crippen molar-refractivity contribution in [1.82, 2.24) is 0 Å². The first-order valence-electron chi connectivity index (χ1n) is 11.0. The van der Waals surface area contributed by atoms with E-state index in [2.05, 4.69) is 32.0 Å². The summed E-state index contributed by atoms with van der Waals surface area (Å²) in [5.74, 6) is 3.31. The zero-order chi connectivity index (χ0) is 22.3. The number of methoxy groups -OCH3 is 3. The largest absolute Gasteiger partial charge is 0.496 e. The van der Waals surface area contributed by atoms with E-state index in [1.165, 1.54) is 5.56 Å². The first-order valence-corrected chi connectivity index (χ1v) is 11.0. The van der Waals surface area contributed by atoms with Crippen LogP contribution < -0.4 is 14.2 Å². The molecule has 0 radical (unpaired) electrons. The molecule has 5 heteroatoms. The Morgan fingerprint density at radius 3 is 2.48 bits per heavy atom. The number of para-hydroxylation sites is 1. The fourth-order valence-corrected chi connectivity index (χ4v) is 4.56. The van der Waals surface area contributed by atoms with Gasteiger partial charge in [0.2, 0.25) is 0 Å². The minimum absolute atomic E-state index is 0.0912. The van der Waals surface area contributed by atoms with Crippen LogP contribution in [0.3, 0.4) is 0 Å². The fourth-order valence-electron chi connectivity index (χ4n) is 4.56. The Balaban J connectivity index is 1.75. The van der Waals surface area contributed by atoms with Gasteiger partial charge in [-0.15, -0.1) is 0 Å². The van der Waals surface area contributed by atoms with Crippen LogP contribution in [0.4, 0.5) is 0 Å². The van der Waals surface area contributed by atoms with Gasteiger partial charge in [-0.05, 0) is 80.3 Å². The highest BCUT2D eigenvalue weighted by molar-refractivity contribution is 5.80. The third-order valence-corrected chi connectivity index (χ3v) is 6.06. The summed E-state index contributed by atoms with van der Waals surface area (Å²) in [5.41, 5.74) is 2.18. The summed E-state index contributed by atoms with van der Waals surface area (Å²) in [6.07, 6.45) is 4.97. The van der Waals surface area contributed by atoms with Crippen LogP contribution in [0, 0.1) is 5.92 Å². The molecule has 0 spiro atoms. The molecule has 31 heavy (non-hydrogen) atoms. The molecule has 0 aromatic heterocycles. The number of hydrogen-bond donors (Lipinski definition) is 0. The van der Waals surface area contributed by atoms with Gasteiger partial charge in [0, 0.05) is 19.4 Å². The lowest BCUT2D eigenvalue weighted by Gasteiger charge is -2.39. The number of ether oxygens (including phenoxy) is 4. The zero-order valence-electron chi connectivity index (χ0n) is 19.4. The molecule has 0 amide bonds. The maximum absolute atomic E-state index is 5.98. The quantitative estimate of drug-likeness (QED) is 0.497. The van der Waals surface area contributed by atoms with E-state index in [0.29, 0.717) is 17.6 Å². The Labute approximate surface area is 186 Å². The Morgan fingerprint density at radius 1 is 1.03 bits per heavy atom. The number of hydrogen-bond acceptors (Lipinski definition) is 5. The SMILES string of the molecule is COc1ccc(C=NCC[C@H](c2ccccc2OC)[C@H]2CCOC(C)(C)C2)cc1OC. The second-order valence-electron chi connectivity index (χ2n) is 8.65. The molecule has 1 aliphatic heterocycles. The third-order valence-electron chi connectivity index (χ3n) is 6.06. The van der Waals surface area contributed by atoms with Gasteiger partial charge in [0.15, 0.2) is 11.5 Å². The van der Waals surface area contributed by atoms with Gasteiger partial charge in [-0.1, -0.05) is 18.2 Å². The average molecular weight is 426 g/mol. The van der Waals surface area contributed by atoms with Crippen LogP contribution in [-0.2, 0) is 4.74 Å². The van der Waals surface area contributed by atoms with Crippen molar-refractivity contribution in [2.75, 3.05) is 34.5 Å². The number of nitrogens with zero attached hydrogens (tertiary/aromatic N) is 1. The van der Waals surface area contributed by atoms with Crippen LogP contribution in [-0.4, -0.2) is 46.3 Å². The first-order chi connectivity index (χ1) is 15.0. The molecule has 1 fully saturated rings. The van der Waals surface area contributed by atoms with Crippen LogP contribution in [0.5, 0.6) is 17.2 Å². The van der Waals surface area contributed by atoms with E-state index < -0.39 is 0 Å². The first kappa shape index (κ1) is 23.1. The molecule has 0 N–H and O–H groups in total. The molecule has 1 aliphatic rings. The highest BCUT2D eigenvalue weighted by atomic mass is 16.5. The van der Waals surface area contributed by atoms with Crippen molar-refractivity contribution in [1.29, 1.82) is 0 Å². The Hall–Kier alpha value is -2.53. The van der Waals surface area contributed by atoms with Gasteiger partial charge in [-0.2, -0.15) is 0 Å². The topological polar surface area (TPSA) is 49.3 Å². The van der Waals surface area contributed by atoms with E-state index in [4.69, 9.17) is 23.9 Å². The van der Waals surface area contributed by atoms with E-state index >= 15 is 0 Å². The minimum atomic E-state index is -0.0912. The van der Waals surface area contributed by atoms with Crippen molar-refractivity contribution in [3.8, 4) is 17.2 Å². The van der Waals surface area contributed by atoms with Crippen molar-refractivity contribution in [3.05, 3.63) is 53.6 Å². The van der Waals surface area contributed by atoms with Crippen LogP contribution in [0.15, 0.2) is 47.5 Å². The summed E-state index contributed by atoms with van der Waals surface area (Å²) < 4.78 is 22.4. The molecule has 0 aliphatic carbocycles.